The number of fused-ring (bicyclic) bond motifs is 1. The number of para-hydroxylation sites is 1. The van der Waals surface area contributed by atoms with Crippen LogP contribution in [0.15, 0.2) is 48.5 Å². The highest BCUT2D eigenvalue weighted by Crippen LogP contribution is 2.22. The number of hydrogen-bond acceptors (Lipinski definition) is 5. The highest BCUT2D eigenvalue weighted by molar-refractivity contribution is 7.09. The van der Waals surface area contributed by atoms with Crippen molar-refractivity contribution in [2.75, 3.05) is 5.32 Å². The molecule has 6 heteroatoms. The second-order valence-corrected chi connectivity index (χ2v) is 6.42. The number of aryl methyl sites for hydroxylation is 2. The van der Waals surface area contributed by atoms with Gasteiger partial charge in [-0.2, -0.15) is 9.36 Å². The van der Waals surface area contributed by atoms with Crippen LogP contribution in [0.2, 0.25) is 0 Å². The number of anilines is 1. The molecule has 0 amide bonds. The summed E-state index contributed by atoms with van der Waals surface area (Å²) in [7, 11) is 2.05. The van der Waals surface area contributed by atoms with Gasteiger partial charge in [0.2, 0.25) is 5.13 Å². The van der Waals surface area contributed by atoms with E-state index >= 15 is 0 Å². The van der Waals surface area contributed by atoms with E-state index in [9.17, 15) is 0 Å². The molecule has 24 heavy (non-hydrogen) atoms. The van der Waals surface area contributed by atoms with Gasteiger partial charge in [-0.3, -0.25) is 0 Å². The highest BCUT2D eigenvalue weighted by Gasteiger charge is 2.11. The first-order valence-electron chi connectivity index (χ1n) is 7.76. The Labute approximate surface area is 144 Å². The number of imidazole rings is 1. The van der Waals surface area contributed by atoms with Crippen LogP contribution in [0.25, 0.3) is 22.4 Å². The molecular formula is C18H17N5S. The molecule has 0 fully saturated rings. The van der Waals surface area contributed by atoms with Crippen molar-refractivity contribution in [3.63, 3.8) is 0 Å². The first-order valence-corrected chi connectivity index (χ1v) is 8.53. The van der Waals surface area contributed by atoms with E-state index in [1.54, 1.807) is 0 Å². The van der Waals surface area contributed by atoms with Crippen LogP contribution in [0.4, 0.5) is 5.13 Å². The van der Waals surface area contributed by atoms with Gasteiger partial charge in [0.15, 0.2) is 5.82 Å². The van der Waals surface area contributed by atoms with Crippen LogP contribution in [0.1, 0.15) is 11.4 Å². The van der Waals surface area contributed by atoms with Crippen molar-refractivity contribution in [1.82, 2.24) is 18.9 Å². The summed E-state index contributed by atoms with van der Waals surface area (Å²) >= 11 is 1.37. The van der Waals surface area contributed by atoms with Gasteiger partial charge in [0.05, 0.1) is 17.6 Å². The topological polar surface area (TPSA) is 55.6 Å². The van der Waals surface area contributed by atoms with Crippen LogP contribution >= 0.6 is 11.5 Å². The fourth-order valence-electron chi connectivity index (χ4n) is 2.83. The molecule has 0 unspecified atom stereocenters. The smallest absolute Gasteiger partial charge is 0.203 e. The molecule has 120 valence electrons. The van der Waals surface area contributed by atoms with E-state index < -0.39 is 0 Å². The average molecular weight is 335 g/mol. The van der Waals surface area contributed by atoms with Crippen LogP contribution in [0.5, 0.6) is 0 Å². The largest absolute Gasteiger partial charge is 0.353 e. The molecule has 4 aromatic rings. The molecular weight excluding hydrogens is 318 g/mol. The Bertz CT molecular complexity index is 987. The zero-order valence-corrected chi connectivity index (χ0v) is 14.3. The Kier molecular flexibility index (Phi) is 3.74. The first-order chi connectivity index (χ1) is 11.7. The van der Waals surface area contributed by atoms with E-state index in [1.165, 1.54) is 22.6 Å². The van der Waals surface area contributed by atoms with Crippen LogP contribution in [-0.4, -0.2) is 18.9 Å². The molecule has 0 radical (unpaired) electrons. The van der Waals surface area contributed by atoms with Crippen molar-refractivity contribution in [3.05, 3.63) is 59.9 Å². The predicted octanol–water partition coefficient (Wildman–Crippen LogP) is 4.01. The maximum atomic E-state index is 4.71. The normalized spacial score (nSPS) is 11.1. The third-order valence-corrected chi connectivity index (χ3v) is 4.72. The number of hydrogen-bond donors (Lipinski definition) is 1. The molecule has 0 aliphatic heterocycles. The monoisotopic (exact) mass is 335 g/mol. The Morgan fingerprint density at radius 2 is 1.88 bits per heavy atom. The highest BCUT2D eigenvalue weighted by atomic mass is 32.1. The Hall–Kier alpha value is -2.73. The van der Waals surface area contributed by atoms with Crippen molar-refractivity contribution in [3.8, 4) is 11.4 Å². The second kappa shape index (κ2) is 6.05. The number of nitrogens with one attached hydrogen (secondary N) is 1. The summed E-state index contributed by atoms with van der Waals surface area (Å²) in [6, 6.07) is 16.2. The van der Waals surface area contributed by atoms with E-state index in [0.717, 1.165) is 27.9 Å². The Morgan fingerprint density at radius 1 is 1.04 bits per heavy atom. The fourth-order valence-corrected chi connectivity index (χ4v) is 3.41. The standard InChI is InChI=1S/C18H17N5S/c1-12-7-6-10-14-16(12)23(2)15(20-14)11-19-18-21-17(22-24-18)13-8-4-3-5-9-13/h3-10H,11H2,1-2H3,(H,19,21,22). The molecule has 0 saturated heterocycles. The average Bonchev–Trinajstić information content (AvgIpc) is 3.19. The minimum atomic E-state index is 0.619. The third kappa shape index (κ3) is 2.65. The van der Waals surface area contributed by atoms with Gasteiger partial charge in [-0.15, -0.1) is 0 Å². The minimum Gasteiger partial charge on any atom is -0.353 e. The van der Waals surface area contributed by atoms with Crippen LogP contribution in [0.3, 0.4) is 0 Å². The molecule has 2 aromatic heterocycles. The number of nitrogens with zero attached hydrogens (tertiary/aromatic N) is 4. The maximum Gasteiger partial charge on any atom is 0.203 e. The lowest BCUT2D eigenvalue weighted by molar-refractivity contribution is 0.832. The lowest BCUT2D eigenvalue weighted by Gasteiger charge is -2.04. The van der Waals surface area contributed by atoms with Gasteiger partial charge in [0, 0.05) is 24.1 Å². The molecule has 4 rings (SSSR count). The van der Waals surface area contributed by atoms with Gasteiger partial charge in [-0.05, 0) is 18.6 Å². The molecule has 0 atom stereocenters. The summed E-state index contributed by atoms with van der Waals surface area (Å²) in [5.74, 6) is 1.74. The Morgan fingerprint density at radius 3 is 2.67 bits per heavy atom. The molecule has 0 spiro atoms. The number of aromatic nitrogens is 4. The van der Waals surface area contributed by atoms with Crippen LogP contribution in [0, 0.1) is 6.92 Å². The predicted molar refractivity (Wildman–Crippen MR) is 98.1 cm³/mol. The summed E-state index contributed by atoms with van der Waals surface area (Å²) < 4.78 is 6.55. The van der Waals surface area contributed by atoms with E-state index in [1.807, 2.05) is 42.5 Å². The number of benzene rings is 2. The molecule has 2 aromatic carbocycles. The van der Waals surface area contributed by atoms with Crippen molar-refractivity contribution in [2.45, 2.75) is 13.5 Å². The van der Waals surface area contributed by atoms with E-state index in [-0.39, 0.29) is 0 Å². The molecule has 2 heterocycles. The van der Waals surface area contributed by atoms with Gasteiger partial charge in [0.1, 0.15) is 5.82 Å². The van der Waals surface area contributed by atoms with Gasteiger partial charge in [-0.1, -0.05) is 42.5 Å². The van der Waals surface area contributed by atoms with Crippen molar-refractivity contribution in [2.24, 2.45) is 7.05 Å². The van der Waals surface area contributed by atoms with Gasteiger partial charge in [0.25, 0.3) is 0 Å². The Balaban J connectivity index is 1.55. The van der Waals surface area contributed by atoms with E-state index in [2.05, 4.69) is 39.3 Å². The molecule has 0 aliphatic carbocycles. The lowest BCUT2D eigenvalue weighted by Crippen LogP contribution is -2.06. The molecule has 0 saturated carbocycles. The minimum absolute atomic E-state index is 0.619. The van der Waals surface area contributed by atoms with Crippen LogP contribution < -0.4 is 5.32 Å². The molecule has 1 N–H and O–H groups in total. The third-order valence-electron chi connectivity index (χ3n) is 4.04. The molecule has 5 nitrogen and oxygen atoms in total. The summed E-state index contributed by atoms with van der Waals surface area (Å²) in [5.41, 5.74) is 4.46. The summed E-state index contributed by atoms with van der Waals surface area (Å²) in [4.78, 5) is 9.27. The SMILES string of the molecule is Cc1cccc2nc(CNc3nc(-c4ccccc4)ns3)n(C)c12. The summed E-state index contributed by atoms with van der Waals surface area (Å²) in [5, 5.41) is 4.14. The number of rotatable bonds is 4. The fraction of sp³-hybridized carbons (Fsp3) is 0.167. The van der Waals surface area contributed by atoms with Crippen molar-refractivity contribution >= 4 is 27.7 Å². The lowest BCUT2D eigenvalue weighted by atomic mass is 10.2. The first kappa shape index (κ1) is 14.8. The van der Waals surface area contributed by atoms with E-state index in [0.29, 0.717) is 6.54 Å². The molecule has 0 aliphatic rings. The zero-order chi connectivity index (χ0) is 16.5. The van der Waals surface area contributed by atoms with Crippen molar-refractivity contribution < 1.29 is 0 Å². The van der Waals surface area contributed by atoms with Crippen molar-refractivity contribution in [1.29, 1.82) is 0 Å². The molecule has 0 bridgehead atoms. The summed E-state index contributed by atoms with van der Waals surface area (Å²) in [6.45, 7) is 2.73. The second-order valence-electron chi connectivity index (χ2n) is 5.67. The van der Waals surface area contributed by atoms with Gasteiger partial charge in [-0.25, -0.2) is 4.98 Å². The zero-order valence-electron chi connectivity index (χ0n) is 13.5. The van der Waals surface area contributed by atoms with Gasteiger partial charge < -0.3 is 9.88 Å². The van der Waals surface area contributed by atoms with E-state index in [4.69, 9.17) is 4.98 Å². The maximum absolute atomic E-state index is 4.71. The van der Waals surface area contributed by atoms with Crippen LogP contribution in [-0.2, 0) is 13.6 Å². The summed E-state index contributed by atoms with van der Waals surface area (Å²) in [6.07, 6.45) is 0. The van der Waals surface area contributed by atoms with Gasteiger partial charge >= 0.3 is 0 Å². The quantitative estimate of drug-likeness (QED) is 0.612.